The fourth-order valence-electron chi connectivity index (χ4n) is 2.73. The van der Waals surface area contributed by atoms with E-state index in [9.17, 15) is 4.79 Å². The summed E-state index contributed by atoms with van der Waals surface area (Å²) in [6, 6.07) is 9.64. The number of rotatable bonds is 4. The molecule has 1 fully saturated rings. The summed E-state index contributed by atoms with van der Waals surface area (Å²) in [6.45, 7) is 6.66. The Morgan fingerprint density at radius 3 is 2.33 bits per heavy atom. The summed E-state index contributed by atoms with van der Waals surface area (Å²) < 4.78 is 0. The van der Waals surface area contributed by atoms with Gasteiger partial charge >= 0.3 is 0 Å². The minimum Gasteiger partial charge on any atom is -0.298 e. The minimum absolute atomic E-state index is 0.0205. The van der Waals surface area contributed by atoms with Crippen molar-refractivity contribution >= 4 is 5.78 Å². The van der Waals surface area contributed by atoms with E-state index in [1.165, 1.54) is 19.3 Å². The van der Waals surface area contributed by atoms with Crippen molar-refractivity contribution in [3.8, 4) is 0 Å². The van der Waals surface area contributed by atoms with Gasteiger partial charge in [0, 0.05) is 17.5 Å². The van der Waals surface area contributed by atoms with Crippen LogP contribution in [0.3, 0.4) is 0 Å². The van der Waals surface area contributed by atoms with E-state index in [4.69, 9.17) is 0 Å². The van der Waals surface area contributed by atoms with Crippen LogP contribution in [0.1, 0.15) is 49.9 Å². The molecule has 0 bridgehead atoms. The third-order valence-corrected chi connectivity index (χ3v) is 3.90. The first-order chi connectivity index (χ1) is 8.59. The van der Waals surface area contributed by atoms with Crippen LogP contribution in [0, 0.1) is 0 Å². The van der Waals surface area contributed by atoms with Crippen LogP contribution in [0.2, 0.25) is 0 Å². The summed E-state index contributed by atoms with van der Waals surface area (Å²) in [6.07, 6.45) is 4.47. The zero-order valence-electron chi connectivity index (χ0n) is 11.5. The van der Waals surface area contributed by atoms with Crippen molar-refractivity contribution in [3.63, 3.8) is 0 Å². The van der Waals surface area contributed by atoms with Crippen LogP contribution in [0.4, 0.5) is 0 Å². The molecule has 0 saturated carbocycles. The molecule has 18 heavy (non-hydrogen) atoms. The SMILES string of the molecule is CC(C)(CC(=O)c1ccccc1)N1CCCCC1. The van der Waals surface area contributed by atoms with Gasteiger partial charge in [-0.1, -0.05) is 36.8 Å². The van der Waals surface area contributed by atoms with Crippen molar-refractivity contribution in [2.75, 3.05) is 13.1 Å². The Hall–Kier alpha value is -1.15. The molecule has 0 aliphatic carbocycles. The van der Waals surface area contributed by atoms with Crippen molar-refractivity contribution in [2.24, 2.45) is 0 Å². The second-order valence-electron chi connectivity index (χ2n) is 5.83. The second kappa shape index (κ2) is 5.66. The molecule has 0 unspecified atom stereocenters. The molecule has 0 atom stereocenters. The molecule has 1 saturated heterocycles. The van der Waals surface area contributed by atoms with E-state index in [2.05, 4.69) is 18.7 Å². The predicted octanol–water partition coefficient (Wildman–Crippen LogP) is 3.52. The maximum atomic E-state index is 12.3. The number of carbonyl (C=O) groups is 1. The van der Waals surface area contributed by atoms with Gasteiger partial charge in [0.05, 0.1) is 0 Å². The number of piperidine rings is 1. The number of benzene rings is 1. The van der Waals surface area contributed by atoms with Gasteiger partial charge in [0.25, 0.3) is 0 Å². The Balaban J connectivity index is 2.01. The van der Waals surface area contributed by atoms with Gasteiger partial charge in [-0.3, -0.25) is 9.69 Å². The molecule has 2 heteroatoms. The van der Waals surface area contributed by atoms with E-state index in [0.29, 0.717) is 6.42 Å². The van der Waals surface area contributed by atoms with Gasteiger partial charge in [-0.2, -0.15) is 0 Å². The number of carbonyl (C=O) groups excluding carboxylic acids is 1. The molecule has 0 amide bonds. The van der Waals surface area contributed by atoms with Gasteiger partial charge in [0.2, 0.25) is 0 Å². The summed E-state index contributed by atoms with van der Waals surface area (Å²) in [5.41, 5.74) is 0.815. The highest BCUT2D eigenvalue weighted by Gasteiger charge is 2.30. The van der Waals surface area contributed by atoms with Crippen LogP contribution in [-0.2, 0) is 0 Å². The number of likely N-dealkylation sites (tertiary alicyclic amines) is 1. The van der Waals surface area contributed by atoms with E-state index < -0.39 is 0 Å². The quantitative estimate of drug-likeness (QED) is 0.756. The van der Waals surface area contributed by atoms with Crippen LogP contribution in [0.5, 0.6) is 0 Å². The molecule has 0 aromatic heterocycles. The Morgan fingerprint density at radius 2 is 1.72 bits per heavy atom. The van der Waals surface area contributed by atoms with Crippen LogP contribution >= 0.6 is 0 Å². The Morgan fingerprint density at radius 1 is 1.11 bits per heavy atom. The second-order valence-corrected chi connectivity index (χ2v) is 5.83. The number of hydrogen-bond acceptors (Lipinski definition) is 2. The van der Waals surface area contributed by atoms with Crippen LogP contribution in [0.25, 0.3) is 0 Å². The highest BCUT2D eigenvalue weighted by atomic mass is 16.1. The fourth-order valence-corrected chi connectivity index (χ4v) is 2.73. The maximum Gasteiger partial charge on any atom is 0.164 e. The van der Waals surface area contributed by atoms with Crippen molar-refractivity contribution in [2.45, 2.75) is 45.1 Å². The number of nitrogens with zero attached hydrogens (tertiary/aromatic N) is 1. The van der Waals surface area contributed by atoms with E-state index in [1.807, 2.05) is 30.3 Å². The Labute approximate surface area is 110 Å². The summed E-state index contributed by atoms with van der Waals surface area (Å²) in [5.74, 6) is 0.256. The van der Waals surface area contributed by atoms with E-state index in [0.717, 1.165) is 18.7 Å². The maximum absolute atomic E-state index is 12.3. The fraction of sp³-hybridized carbons (Fsp3) is 0.562. The highest BCUT2D eigenvalue weighted by Crippen LogP contribution is 2.25. The summed E-state index contributed by atoms with van der Waals surface area (Å²) in [4.78, 5) is 14.7. The van der Waals surface area contributed by atoms with Crippen LogP contribution in [0.15, 0.2) is 30.3 Å². The number of ketones is 1. The van der Waals surface area contributed by atoms with Crippen molar-refractivity contribution in [3.05, 3.63) is 35.9 Å². The van der Waals surface area contributed by atoms with Crippen molar-refractivity contribution in [1.29, 1.82) is 0 Å². The lowest BCUT2D eigenvalue weighted by Crippen LogP contribution is -2.47. The monoisotopic (exact) mass is 245 g/mol. The topological polar surface area (TPSA) is 20.3 Å². The van der Waals surface area contributed by atoms with Crippen molar-refractivity contribution in [1.82, 2.24) is 4.90 Å². The molecule has 0 N–H and O–H groups in total. The van der Waals surface area contributed by atoms with Gasteiger partial charge in [-0.25, -0.2) is 0 Å². The number of Topliss-reactive ketones (excluding diaryl/α,β-unsaturated/α-hetero) is 1. The molecule has 2 nitrogen and oxygen atoms in total. The molecular formula is C16H23NO. The predicted molar refractivity (Wildman–Crippen MR) is 74.9 cm³/mol. The minimum atomic E-state index is -0.0205. The first-order valence-electron chi connectivity index (χ1n) is 6.93. The Kier molecular flexibility index (Phi) is 4.18. The largest absolute Gasteiger partial charge is 0.298 e. The molecule has 2 rings (SSSR count). The van der Waals surface area contributed by atoms with E-state index >= 15 is 0 Å². The first-order valence-corrected chi connectivity index (χ1v) is 6.93. The molecule has 1 aliphatic heterocycles. The Bertz CT molecular complexity index is 391. The lowest BCUT2D eigenvalue weighted by Gasteiger charge is -2.40. The van der Waals surface area contributed by atoms with E-state index in [-0.39, 0.29) is 11.3 Å². The molecule has 0 spiro atoms. The average Bonchev–Trinajstić information content (AvgIpc) is 2.40. The van der Waals surface area contributed by atoms with Crippen LogP contribution in [-0.4, -0.2) is 29.3 Å². The lowest BCUT2D eigenvalue weighted by atomic mass is 9.90. The molecule has 1 heterocycles. The smallest absolute Gasteiger partial charge is 0.164 e. The zero-order chi connectivity index (χ0) is 13.0. The normalized spacial score (nSPS) is 17.7. The van der Waals surface area contributed by atoms with E-state index in [1.54, 1.807) is 0 Å². The third kappa shape index (κ3) is 3.20. The van der Waals surface area contributed by atoms with Gasteiger partial charge < -0.3 is 0 Å². The molecule has 1 aliphatic rings. The third-order valence-electron chi connectivity index (χ3n) is 3.90. The average molecular weight is 245 g/mol. The van der Waals surface area contributed by atoms with Gasteiger partial charge in [0.1, 0.15) is 0 Å². The molecule has 1 aromatic rings. The van der Waals surface area contributed by atoms with Gasteiger partial charge in [0.15, 0.2) is 5.78 Å². The molecule has 98 valence electrons. The van der Waals surface area contributed by atoms with Crippen molar-refractivity contribution < 1.29 is 4.79 Å². The first kappa shape index (κ1) is 13.3. The summed E-state index contributed by atoms with van der Waals surface area (Å²) >= 11 is 0. The molecule has 0 radical (unpaired) electrons. The number of hydrogen-bond donors (Lipinski definition) is 0. The summed E-state index contributed by atoms with van der Waals surface area (Å²) in [5, 5.41) is 0. The van der Waals surface area contributed by atoms with Crippen LogP contribution < -0.4 is 0 Å². The van der Waals surface area contributed by atoms with Gasteiger partial charge in [-0.05, 0) is 39.8 Å². The zero-order valence-corrected chi connectivity index (χ0v) is 11.5. The lowest BCUT2D eigenvalue weighted by molar-refractivity contribution is 0.0697. The standard InChI is InChI=1S/C16H23NO/c1-16(2,17-11-7-4-8-12-17)13-15(18)14-9-5-3-6-10-14/h3,5-6,9-10H,4,7-8,11-13H2,1-2H3. The summed E-state index contributed by atoms with van der Waals surface area (Å²) in [7, 11) is 0. The molecular weight excluding hydrogens is 222 g/mol. The highest BCUT2D eigenvalue weighted by molar-refractivity contribution is 5.96. The molecule has 1 aromatic carbocycles. The van der Waals surface area contributed by atoms with Gasteiger partial charge in [-0.15, -0.1) is 0 Å².